The average Bonchev–Trinajstić information content (AvgIpc) is 2.41. The molecule has 1 atom stereocenters. The molecule has 0 aliphatic carbocycles. The predicted octanol–water partition coefficient (Wildman–Crippen LogP) is 3.21. The zero-order valence-corrected chi connectivity index (χ0v) is 11.9. The van der Waals surface area contributed by atoms with Gasteiger partial charge in [-0.25, -0.2) is 4.39 Å². The third-order valence-corrected chi connectivity index (χ3v) is 2.88. The lowest BCUT2D eigenvalue weighted by atomic mass is 10.0. The van der Waals surface area contributed by atoms with Gasteiger partial charge in [0.25, 0.3) is 0 Å². The lowest BCUT2D eigenvalue weighted by molar-refractivity contribution is 0.0599. The zero-order chi connectivity index (χ0) is 14.1. The number of ether oxygens (including phenoxy) is 3. The molecule has 1 rings (SSSR count). The molecule has 1 aromatic carbocycles. The van der Waals surface area contributed by atoms with E-state index in [1.165, 1.54) is 12.1 Å². The lowest BCUT2D eigenvalue weighted by Gasteiger charge is -2.17. The monoisotopic (exact) mass is 270 g/mol. The van der Waals surface area contributed by atoms with Crippen molar-refractivity contribution in [1.82, 2.24) is 0 Å². The molecule has 0 bridgehead atoms. The van der Waals surface area contributed by atoms with E-state index in [1.54, 1.807) is 13.2 Å². The fourth-order valence-electron chi connectivity index (χ4n) is 1.87. The van der Waals surface area contributed by atoms with Crippen LogP contribution >= 0.6 is 0 Å². The highest BCUT2D eigenvalue weighted by Gasteiger charge is 2.12. The molecule has 0 aliphatic rings. The molecule has 0 radical (unpaired) electrons. The molecule has 19 heavy (non-hydrogen) atoms. The van der Waals surface area contributed by atoms with Gasteiger partial charge in [0.1, 0.15) is 18.2 Å². The number of hydrogen-bond donors (Lipinski definition) is 0. The van der Waals surface area contributed by atoms with Gasteiger partial charge < -0.3 is 14.2 Å². The molecule has 108 valence electrons. The van der Waals surface area contributed by atoms with E-state index in [0.29, 0.717) is 25.6 Å². The van der Waals surface area contributed by atoms with Gasteiger partial charge in [0.05, 0.1) is 12.7 Å². The van der Waals surface area contributed by atoms with E-state index < -0.39 is 0 Å². The second-order valence-electron chi connectivity index (χ2n) is 4.28. The Balaban J connectivity index is 2.74. The second-order valence-corrected chi connectivity index (χ2v) is 4.28. The van der Waals surface area contributed by atoms with E-state index in [0.717, 1.165) is 18.4 Å². The molecule has 0 heterocycles. The number of halogens is 1. The molecule has 0 fully saturated rings. The number of methoxy groups -OCH3 is 1. The first-order chi connectivity index (χ1) is 9.21. The van der Waals surface area contributed by atoms with Crippen LogP contribution in [0.3, 0.4) is 0 Å². The summed E-state index contributed by atoms with van der Waals surface area (Å²) in [5.74, 6) is 0.288. The van der Waals surface area contributed by atoms with Gasteiger partial charge in [0, 0.05) is 26.2 Å². The minimum Gasteiger partial charge on any atom is -0.491 e. The van der Waals surface area contributed by atoms with Crippen molar-refractivity contribution in [3.05, 3.63) is 29.6 Å². The molecule has 4 heteroatoms. The van der Waals surface area contributed by atoms with Crippen LogP contribution < -0.4 is 4.74 Å². The van der Waals surface area contributed by atoms with Crippen molar-refractivity contribution in [1.29, 1.82) is 0 Å². The first kappa shape index (κ1) is 15.9. The molecular formula is C15H23FO3. The van der Waals surface area contributed by atoms with Crippen LogP contribution in [0.5, 0.6) is 5.75 Å². The Morgan fingerprint density at radius 2 is 2.00 bits per heavy atom. The normalized spacial score (nSPS) is 12.4. The largest absolute Gasteiger partial charge is 0.491 e. The van der Waals surface area contributed by atoms with E-state index in [1.807, 2.05) is 6.92 Å². The molecule has 3 nitrogen and oxygen atoms in total. The summed E-state index contributed by atoms with van der Waals surface area (Å²) in [7, 11) is 1.61. The number of hydrogen-bond acceptors (Lipinski definition) is 3. The van der Waals surface area contributed by atoms with Crippen LogP contribution in [0.25, 0.3) is 0 Å². The van der Waals surface area contributed by atoms with E-state index >= 15 is 0 Å². The first-order valence-corrected chi connectivity index (χ1v) is 6.73. The Hall–Kier alpha value is -1.13. The van der Waals surface area contributed by atoms with Gasteiger partial charge in [-0.2, -0.15) is 0 Å². The summed E-state index contributed by atoms with van der Waals surface area (Å²) < 4.78 is 29.4. The summed E-state index contributed by atoms with van der Waals surface area (Å²) >= 11 is 0. The third kappa shape index (κ3) is 5.57. The number of rotatable bonds is 9. The molecule has 0 saturated carbocycles. The smallest absolute Gasteiger partial charge is 0.126 e. The summed E-state index contributed by atoms with van der Waals surface area (Å²) in [6.07, 6.45) is 1.79. The van der Waals surface area contributed by atoms with Crippen molar-refractivity contribution in [2.75, 3.05) is 26.9 Å². The zero-order valence-electron chi connectivity index (χ0n) is 11.9. The summed E-state index contributed by atoms with van der Waals surface area (Å²) in [6, 6.07) is 4.64. The predicted molar refractivity (Wildman–Crippen MR) is 73.2 cm³/mol. The molecular weight excluding hydrogens is 247 g/mol. The number of benzene rings is 1. The van der Waals surface area contributed by atoms with Crippen LogP contribution in [-0.2, 0) is 15.9 Å². The topological polar surface area (TPSA) is 27.7 Å². The van der Waals surface area contributed by atoms with Crippen molar-refractivity contribution < 1.29 is 18.6 Å². The molecule has 0 spiro atoms. The maximum absolute atomic E-state index is 13.3. The summed E-state index contributed by atoms with van der Waals surface area (Å²) in [5, 5.41) is 0. The Labute approximate surface area is 114 Å². The summed E-state index contributed by atoms with van der Waals surface area (Å²) in [4.78, 5) is 0. The standard InChI is InChI=1S/C15H23FO3/c1-4-14(18-5-2)10-12-6-7-13(16)11-15(12)19-9-8-17-3/h6-7,11,14H,4-5,8-10H2,1-3H3/t14-/m1/s1. The van der Waals surface area contributed by atoms with Crippen LogP contribution in [0, 0.1) is 5.82 Å². The van der Waals surface area contributed by atoms with Crippen LogP contribution in [-0.4, -0.2) is 33.0 Å². The second kappa shape index (κ2) is 8.88. The highest BCUT2D eigenvalue weighted by atomic mass is 19.1. The van der Waals surface area contributed by atoms with Crippen molar-refractivity contribution in [3.8, 4) is 5.75 Å². The van der Waals surface area contributed by atoms with Gasteiger partial charge in [-0.3, -0.25) is 0 Å². The first-order valence-electron chi connectivity index (χ1n) is 6.73. The van der Waals surface area contributed by atoms with Gasteiger partial charge in [-0.1, -0.05) is 13.0 Å². The minimum atomic E-state index is -0.291. The van der Waals surface area contributed by atoms with Crippen LogP contribution in [0.15, 0.2) is 18.2 Å². The Morgan fingerprint density at radius 3 is 2.63 bits per heavy atom. The molecule has 1 aromatic rings. The lowest BCUT2D eigenvalue weighted by Crippen LogP contribution is -2.16. The quantitative estimate of drug-likeness (QED) is 0.645. The maximum atomic E-state index is 13.3. The van der Waals surface area contributed by atoms with E-state index in [2.05, 4.69) is 6.92 Å². The average molecular weight is 270 g/mol. The third-order valence-electron chi connectivity index (χ3n) is 2.88. The van der Waals surface area contributed by atoms with Crippen LogP contribution in [0.1, 0.15) is 25.8 Å². The molecule has 0 aromatic heterocycles. The van der Waals surface area contributed by atoms with Crippen LogP contribution in [0.4, 0.5) is 4.39 Å². The molecule has 0 unspecified atom stereocenters. The fraction of sp³-hybridized carbons (Fsp3) is 0.600. The van der Waals surface area contributed by atoms with Crippen molar-refractivity contribution in [2.24, 2.45) is 0 Å². The molecule has 0 saturated heterocycles. The SMILES string of the molecule is CCO[C@H](CC)Cc1ccc(F)cc1OCCOC. The Kier molecular flexibility index (Phi) is 7.45. The van der Waals surface area contributed by atoms with Gasteiger partial charge in [0.15, 0.2) is 0 Å². The van der Waals surface area contributed by atoms with Crippen molar-refractivity contribution >= 4 is 0 Å². The highest BCUT2D eigenvalue weighted by molar-refractivity contribution is 5.34. The highest BCUT2D eigenvalue weighted by Crippen LogP contribution is 2.23. The molecule has 0 N–H and O–H groups in total. The fourth-order valence-corrected chi connectivity index (χ4v) is 1.87. The minimum absolute atomic E-state index is 0.139. The van der Waals surface area contributed by atoms with Crippen molar-refractivity contribution in [3.63, 3.8) is 0 Å². The van der Waals surface area contributed by atoms with E-state index in [-0.39, 0.29) is 11.9 Å². The summed E-state index contributed by atoms with van der Waals surface area (Å²) in [5.41, 5.74) is 0.970. The maximum Gasteiger partial charge on any atom is 0.126 e. The van der Waals surface area contributed by atoms with Gasteiger partial charge in [-0.15, -0.1) is 0 Å². The van der Waals surface area contributed by atoms with E-state index in [4.69, 9.17) is 14.2 Å². The van der Waals surface area contributed by atoms with Gasteiger partial charge in [0.2, 0.25) is 0 Å². The summed E-state index contributed by atoms with van der Waals surface area (Å²) in [6.45, 7) is 5.63. The molecule has 0 amide bonds. The van der Waals surface area contributed by atoms with Crippen molar-refractivity contribution in [2.45, 2.75) is 32.8 Å². The van der Waals surface area contributed by atoms with Gasteiger partial charge >= 0.3 is 0 Å². The van der Waals surface area contributed by atoms with Gasteiger partial charge in [-0.05, 0) is 25.0 Å². The van der Waals surface area contributed by atoms with E-state index in [9.17, 15) is 4.39 Å². The van der Waals surface area contributed by atoms with Crippen LogP contribution in [0.2, 0.25) is 0 Å². The molecule has 0 aliphatic heterocycles. The Bertz CT molecular complexity index is 368. The Morgan fingerprint density at radius 1 is 1.21 bits per heavy atom.